The Morgan fingerprint density at radius 2 is 2.00 bits per heavy atom. The molecule has 1 heterocycles. The standard InChI is InChI=1S/C26H38N2O2/c1-6-7-8-9-14-28-21-16-20(30-5)11-10-18(21)15-22(28)23(29)27-24-25(2,3)19-12-13-26(24,4)17-19/h10-11,15-16,19,24H,6-9,12-14,17H2,1-5H3,(H,27,29)/t19?,24?,26-/m1/s1. The molecule has 2 bridgehead atoms. The van der Waals surface area contributed by atoms with E-state index in [0.29, 0.717) is 0 Å². The summed E-state index contributed by atoms with van der Waals surface area (Å²) in [5.41, 5.74) is 2.26. The SMILES string of the molecule is CCCCCCn1c(C(=O)NC2C(C)(C)C3CC[C@]2(C)C3)cc2ccc(OC)cc21. The predicted octanol–water partition coefficient (Wildman–Crippen LogP) is 6.17. The number of aryl methyl sites for hydroxylation is 1. The molecule has 4 rings (SSSR count). The van der Waals surface area contributed by atoms with Crippen LogP contribution in [0.3, 0.4) is 0 Å². The van der Waals surface area contributed by atoms with E-state index in [9.17, 15) is 4.79 Å². The molecule has 164 valence electrons. The number of benzene rings is 1. The summed E-state index contributed by atoms with van der Waals surface area (Å²) < 4.78 is 7.67. The van der Waals surface area contributed by atoms with Crippen molar-refractivity contribution in [2.45, 2.75) is 85.2 Å². The molecule has 2 unspecified atom stereocenters. The fraction of sp³-hybridized carbons (Fsp3) is 0.654. The van der Waals surface area contributed by atoms with Gasteiger partial charge in [0.05, 0.1) is 12.6 Å². The fourth-order valence-electron chi connectivity index (χ4n) is 6.35. The van der Waals surface area contributed by atoms with Gasteiger partial charge in [0.1, 0.15) is 11.4 Å². The van der Waals surface area contributed by atoms with Crippen LogP contribution in [0.25, 0.3) is 10.9 Å². The average molecular weight is 411 g/mol. The maximum atomic E-state index is 13.6. The Labute approximate surface area is 181 Å². The normalized spacial score (nSPS) is 27.0. The van der Waals surface area contributed by atoms with Crippen molar-refractivity contribution in [1.82, 2.24) is 9.88 Å². The molecule has 0 radical (unpaired) electrons. The van der Waals surface area contributed by atoms with Crippen molar-refractivity contribution in [3.05, 3.63) is 30.0 Å². The Balaban J connectivity index is 1.64. The van der Waals surface area contributed by atoms with Gasteiger partial charge >= 0.3 is 0 Å². The molecule has 2 fully saturated rings. The van der Waals surface area contributed by atoms with Gasteiger partial charge in [0.15, 0.2) is 0 Å². The number of ether oxygens (including phenoxy) is 1. The van der Waals surface area contributed by atoms with Crippen LogP contribution in [0.15, 0.2) is 24.3 Å². The number of aromatic nitrogens is 1. The minimum absolute atomic E-state index is 0.0764. The van der Waals surface area contributed by atoms with Crippen molar-refractivity contribution in [2.75, 3.05) is 7.11 Å². The maximum absolute atomic E-state index is 13.6. The van der Waals surface area contributed by atoms with Crippen molar-refractivity contribution in [3.63, 3.8) is 0 Å². The molecule has 1 aromatic carbocycles. The summed E-state index contributed by atoms with van der Waals surface area (Å²) in [6.45, 7) is 10.2. The summed E-state index contributed by atoms with van der Waals surface area (Å²) in [7, 11) is 1.70. The molecule has 2 aliphatic rings. The van der Waals surface area contributed by atoms with Crippen LogP contribution in [-0.2, 0) is 6.54 Å². The zero-order valence-electron chi connectivity index (χ0n) is 19.4. The summed E-state index contributed by atoms with van der Waals surface area (Å²) in [4.78, 5) is 13.6. The van der Waals surface area contributed by atoms with Gasteiger partial charge in [-0.25, -0.2) is 0 Å². The average Bonchev–Trinajstić information content (AvgIpc) is 3.34. The maximum Gasteiger partial charge on any atom is 0.268 e. The summed E-state index contributed by atoms with van der Waals surface area (Å²) in [6.07, 6.45) is 8.49. The van der Waals surface area contributed by atoms with E-state index in [0.717, 1.165) is 41.2 Å². The molecular weight excluding hydrogens is 372 g/mol. The van der Waals surface area contributed by atoms with Gasteiger partial charge in [0.25, 0.3) is 5.91 Å². The van der Waals surface area contributed by atoms with Gasteiger partial charge in [-0.2, -0.15) is 0 Å². The quantitative estimate of drug-likeness (QED) is 0.528. The summed E-state index contributed by atoms with van der Waals surface area (Å²) in [5.74, 6) is 1.63. The number of nitrogens with one attached hydrogen (secondary N) is 1. The molecule has 1 amide bonds. The highest BCUT2D eigenvalue weighted by molar-refractivity contribution is 5.99. The summed E-state index contributed by atoms with van der Waals surface area (Å²) in [5, 5.41) is 4.60. The highest BCUT2D eigenvalue weighted by Gasteiger charge is 2.59. The van der Waals surface area contributed by atoms with Crippen LogP contribution in [0.2, 0.25) is 0 Å². The predicted molar refractivity (Wildman–Crippen MR) is 123 cm³/mol. The van der Waals surface area contributed by atoms with E-state index in [4.69, 9.17) is 4.74 Å². The molecule has 30 heavy (non-hydrogen) atoms. The van der Waals surface area contributed by atoms with Crippen molar-refractivity contribution >= 4 is 16.8 Å². The van der Waals surface area contributed by atoms with Crippen LogP contribution >= 0.6 is 0 Å². The van der Waals surface area contributed by atoms with Gasteiger partial charge in [-0.1, -0.05) is 47.0 Å². The Kier molecular flexibility index (Phi) is 5.63. The van der Waals surface area contributed by atoms with Gasteiger partial charge in [0, 0.05) is 24.0 Å². The number of carbonyl (C=O) groups is 1. The lowest BCUT2D eigenvalue weighted by molar-refractivity contribution is 0.0729. The number of nitrogens with zero attached hydrogens (tertiary/aromatic N) is 1. The van der Waals surface area contributed by atoms with Gasteiger partial charge in [-0.15, -0.1) is 0 Å². The molecular formula is C26H38N2O2. The molecule has 3 atom stereocenters. The zero-order chi connectivity index (χ0) is 21.5. The Bertz CT molecular complexity index is 924. The molecule has 2 saturated carbocycles. The third-order valence-corrected chi connectivity index (χ3v) is 8.12. The van der Waals surface area contributed by atoms with Crippen LogP contribution in [0, 0.1) is 16.7 Å². The van der Waals surface area contributed by atoms with Gasteiger partial charge in [0.2, 0.25) is 0 Å². The Hall–Kier alpha value is -1.97. The smallest absolute Gasteiger partial charge is 0.268 e. The first kappa shape index (κ1) is 21.3. The number of hydrogen-bond acceptors (Lipinski definition) is 2. The van der Waals surface area contributed by atoms with Crippen molar-refractivity contribution in [3.8, 4) is 5.75 Å². The molecule has 0 aliphatic heterocycles. The van der Waals surface area contributed by atoms with E-state index in [1.807, 2.05) is 6.07 Å². The second-order valence-electron chi connectivity index (χ2n) is 10.5. The second kappa shape index (κ2) is 7.94. The lowest BCUT2D eigenvalue weighted by Crippen LogP contribution is -2.52. The molecule has 1 N–H and O–H groups in total. The van der Waals surface area contributed by atoms with E-state index >= 15 is 0 Å². The highest BCUT2D eigenvalue weighted by atomic mass is 16.5. The number of methoxy groups -OCH3 is 1. The van der Waals surface area contributed by atoms with Crippen LogP contribution in [0.4, 0.5) is 0 Å². The molecule has 4 nitrogen and oxygen atoms in total. The minimum Gasteiger partial charge on any atom is -0.497 e. The highest BCUT2D eigenvalue weighted by Crippen LogP contribution is 2.62. The molecule has 0 spiro atoms. The topological polar surface area (TPSA) is 43.3 Å². The zero-order valence-corrected chi connectivity index (χ0v) is 19.4. The summed E-state index contributed by atoms with van der Waals surface area (Å²) in [6, 6.07) is 8.40. The number of fused-ring (bicyclic) bond motifs is 3. The van der Waals surface area contributed by atoms with Crippen LogP contribution in [0.5, 0.6) is 5.75 Å². The molecule has 2 aromatic rings. The van der Waals surface area contributed by atoms with E-state index in [2.05, 4.69) is 55.8 Å². The number of hydrogen-bond donors (Lipinski definition) is 1. The van der Waals surface area contributed by atoms with Crippen LogP contribution in [-0.4, -0.2) is 23.6 Å². The first-order chi connectivity index (χ1) is 14.3. The molecule has 1 aromatic heterocycles. The lowest BCUT2D eigenvalue weighted by Gasteiger charge is -2.43. The Morgan fingerprint density at radius 3 is 2.67 bits per heavy atom. The number of amides is 1. The van der Waals surface area contributed by atoms with Crippen molar-refractivity contribution < 1.29 is 9.53 Å². The molecule has 2 aliphatic carbocycles. The van der Waals surface area contributed by atoms with E-state index < -0.39 is 0 Å². The first-order valence-corrected chi connectivity index (χ1v) is 11.8. The Morgan fingerprint density at radius 1 is 1.20 bits per heavy atom. The molecule has 0 saturated heterocycles. The van der Waals surface area contributed by atoms with Gasteiger partial charge in [-0.3, -0.25) is 4.79 Å². The monoisotopic (exact) mass is 410 g/mol. The lowest BCUT2D eigenvalue weighted by atomic mass is 9.68. The second-order valence-corrected chi connectivity index (χ2v) is 10.5. The van der Waals surface area contributed by atoms with E-state index in [1.54, 1.807) is 7.11 Å². The number of unbranched alkanes of at least 4 members (excludes halogenated alkanes) is 3. The van der Waals surface area contributed by atoms with E-state index in [1.165, 1.54) is 38.5 Å². The van der Waals surface area contributed by atoms with E-state index in [-0.39, 0.29) is 22.8 Å². The number of carbonyl (C=O) groups excluding carboxylic acids is 1. The number of rotatable bonds is 8. The third-order valence-electron chi connectivity index (χ3n) is 8.12. The first-order valence-electron chi connectivity index (χ1n) is 11.8. The summed E-state index contributed by atoms with van der Waals surface area (Å²) >= 11 is 0. The van der Waals surface area contributed by atoms with Crippen molar-refractivity contribution in [1.29, 1.82) is 0 Å². The van der Waals surface area contributed by atoms with Gasteiger partial charge < -0.3 is 14.6 Å². The van der Waals surface area contributed by atoms with Crippen molar-refractivity contribution in [2.24, 2.45) is 16.7 Å². The molecule has 4 heteroatoms. The van der Waals surface area contributed by atoms with Crippen LogP contribution < -0.4 is 10.1 Å². The largest absolute Gasteiger partial charge is 0.497 e. The third kappa shape index (κ3) is 3.52. The van der Waals surface area contributed by atoms with Crippen LogP contribution in [0.1, 0.15) is 83.1 Å². The minimum atomic E-state index is 0.0764. The fourth-order valence-corrected chi connectivity index (χ4v) is 6.35. The van der Waals surface area contributed by atoms with Gasteiger partial charge in [-0.05, 0) is 60.6 Å².